The number of carbonyl (C=O) groups excluding carboxylic acids is 2. The standard InChI is InChI=1S/C10H16Cl2O4/c1-6(16-10(14)8(3)12)4-5-15-9(13)7(2)11/h6-8H,4-5H2,1-3H3/t6-,7-,8+/m0/s1. The normalized spacial score (nSPS) is 16.1. The molecule has 0 aromatic heterocycles. The maximum absolute atomic E-state index is 11.1. The van der Waals surface area contributed by atoms with E-state index < -0.39 is 22.7 Å². The second-order valence-electron chi connectivity index (χ2n) is 3.44. The molecule has 0 saturated heterocycles. The van der Waals surface area contributed by atoms with E-state index in [0.29, 0.717) is 6.42 Å². The predicted octanol–water partition coefficient (Wildman–Crippen LogP) is 2.11. The molecule has 0 spiro atoms. The maximum atomic E-state index is 11.1. The lowest BCUT2D eigenvalue weighted by molar-refractivity contribution is -0.149. The summed E-state index contributed by atoms with van der Waals surface area (Å²) in [5, 5.41) is -1.34. The van der Waals surface area contributed by atoms with Crippen molar-refractivity contribution >= 4 is 35.1 Å². The molecule has 0 aromatic rings. The number of alkyl halides is 2. The Kier molecular flexibility index (Phi) is 7.51. The number of halogens is 2. The van der Waals surface area contributed by atoms with Crippen LogP contribution in [0.5, 0.6) is 0 Å². The van der Waals surface area contributed by atoms with Crippen LogP contribution in [-0.2, 0) is 19.1 Å². The van der Waals surface area contributed by atoms with Gasteiger partial charge in [0.05, 0.1) is 6.61 Å². The fraction of sp³-hybridized carbons (Fsp3) is 0.800. The molecule has 6 heteroatoms. The van der Waals surface area contributed by atoms with Crippen molar-refractivity contribution in [1.82, 2.24) is 0 Å². The Morgan fingerprint density at radius 3 is 2.00 bits per heavy atom. The summed E-state index contributed by atoms with van der Waals surface area (Å²) in [5.41, 5.74) is 0. The Hall–Kier alpha value is -0.480. The highest BCUT2D eigenvalue weighted by molar-refractivity contribution is 6.29. The first-order chi connectivity index (χ1) is 7.34. The number of carbonyl (C=O) groups is 2. The molecule has 0 N–H and O–H groups in total. The minimum absolute atomic E-state index is 0.168. The first-order valence-electron chi connectivity index (χ1n) is 4.99. The second-order valence-corrected chi connectivity index (χ2v) is 4.74. The molecule has 94 valence electrons. The van der Waals surface area contributed by atoms with Crippen molar-refractivity contribution in [2.24, 2.45) is 0 Å². The van der Waals surface area contributed by atoms with Gasteiger partial charge >= 0.3 is 11.9 Å². The third kappa shape index (κ3) is 6.90. The second kappa shape index (κ2) is 7.74. The zero-order valence-corrected chi connectivity index (χ0v) is 11.0. The van der Waals surface area contributed by atoms with Crippen LogP contribution in [0.15, 0.2) is 0 Å². The molecule has 0 aromatic carbocycles. The van der Waals surface area contributed by atoms with Gasteiger partial charge in [-0.05, 0) is 20.8 Å². The average molecular weight is 271 g/mol. The van der Waals surface area contributed by atoms with Gasteiger partial charge in [0.15, 0.2) is 0 Å². The fourth-order valence-electron chi connectivity index (χ4n) is 0.791. The van der Waals surface area contributed by atoms with E-state index in [-0.39, 0.29) is 12.7 Å². The number of ether oxygens (including phenoxy) is 2. The number of hydrogen-bond donors (Lipinski definition) is 0. The van der Waals surface area contributed by atoms with E-state index in [9.17, 15) is 9.59 Å². The van der Waals surface area contributed by atoms with Crippen molar-refractivity contribution in [1.29, 1.82) is 0 Å². The molecule has 0 aliphatic heterocycles. The minimum Gasteiger partial charge on any atom is -0.464 e. The number of esters is 2. The van der Waals surface area contributed by atoms with Crippen molar-refractivity contribution in [2.75, 3.05) is 6.61 Å². The van der Waals surface area contributed by atoms with Gasteiger partial charge in [0.1, 0.15) is 16.9 Å². The van der Waals surface area contributed by atoms with E-state index in [1.165, 1.54) is 13.8 Å². The molecule has 3 atom stereocenters. The largest absolute Gasteiger partial charge is 0.464 e. The van der Waals surface area contributed by atoms with E-state index in [0.717, 1.165) is 0 Å². The van der Waals surface area contributed by atoms with Crippen LogP contribution in [0.2, 0.25) is 0 Å². The van der Waals surface area contributed by atoms with Crippen LogP contribution >= 0.6 is 23.2 Å². The van der Waals surface area contributed by atoms with Crippen LogP contribution in [0.1, 0.15) is 27.2 Å². The topological polar surface area (TPSA) is 52.6 Å². The molecule has 0 rings (SSSR count). The molecule has 0 bridgehead atoms. The summed E-state index contributed by atoms with van der Waals surface area (Å²) >= 11 is 11.0. The quantitative estimate of drug-likeness (QED) is 0.548. The van der Waals surface area contributed by atoms with E-state index in [4.69, 9.17) is 32.7 Å². The van der Waals surface area contributed by atoms with Gasteiger partial charge in [-0.3, -0.25) is 9.59 Å². The van der Waals surface area contributed by atoms with Crippen molar-refractivity contribution in [3.8, 4) is 0 Å². The van der Waals surface area contributed by atoms with E-state index in [2.05, 4.69) is 0 Å². The van der Waals surface area contributed by atoms with Crippen molar-refractivity contribution < 1.29 is 19.1 Å². The Balaban J connectivity index is 3.70. The summed E-state index contributed by atoms with van der Waals surface area (Å²) in [7, 11) is 0. The van der Waals surface area contributed by atoms with Crippen molar-refractivity contribution in [3.05, 3.63) is 0 Å². The van der Waals surface area contributed by atoms with Gasteiger partial charge in [0.2, 0.25) is 0 Å². The first kappa shape index (κ1) is 15.5. The monoisotopic (exact) mass is 270 g/mol. The molecule has 16 heavy (non-hydrogen) atoms. The Labute approximate surface area is 105 Å². The smallest absolute Gasteiger partial charge is 0.324 e. The molecule has 4 nitrogen and oxygen atoms in total. The van der Waals surface area contributed by atoms with Gasteiger partial charge < -0.3 is 9.47 Å². The third-order valence-electron chi connectivity index (χ3n) is 1.74. The molecule has 0 saturated carbocycles. The highest BCUT2D eigenvalue weighted by Crippen LogP contribution is 2.05. The van der Waals surface area contributed by atoms with Crippen LogP contribution in [0.3, 0.4) is 0 Å². The average Bonchev–Trinajstić information content (AvgIpc) is 2.16. The third-order valence-corrected chi connectivity index (χ3v) is 2.09. The molecule has 0 unspecified atom stereocenters. The Morgan fingerprint density at radius 2 is 1.56 bits per heavy atom. The van der Waals surface area contributed by atoms with Crippen molar-refractivity contribution in [2.45, 2.75) is 44.1 Å². The van der Waals surface area contributed by atoms with Crippen molar-refractivity contribution in [3.63, 3.8) is 0 Å². The predicted molar refractivity (Wildman–Crippen MR) is 61.8 cm³/mol. The summed E-state index contributed by atoms with van der Waals surface area (Å²) in [5.74, 6) is -0.961. The fourth-order valence-corrected chi connectivity index (χ4v) is 0.906. The van der Waals surface area contributed by atoms with Gasteiger partial charge in [0.25, 0.3) is 0 Å². The molecule has 0 amide bonds. The lowest BCUT2D eigenvalue weighted by Gasteiger charge is -2.14. The van der Waals surface area contributed by atoms with E-state index in [1.807, 2.05) is 0 Å². The van der Waals surface area contributed by atoms with Crippen LogP contribution < -0.4 is 0 Å². The van der Waals surface area contributed by atoms with Crippen LogP contribution in [0.4, 0.5) is 0 Å². The maximum Gasteiger partial charge on any atom is 0.324 e. The van der Waals surface area contributed by atoms with Crippen LogP contribution in [-0.4, -0.2) is 35.4 Å². The number of hydrogen-bond acceptors (Lipinski definition) is 4. The van der Waals surface area contributed by atoms with Crippen LogP contribution in [0, 0.1) is 0 Å². The molecular weight excluding hydrogens is 255 g/mol. The molecule has 0 radical (unpaired) electrons. The lowest BCUT2D eigenvalue weighted by atomic mass is 10.3. The Bertz CT molecular complexity index is 241. The molecule has 0 fully saturated rings. The molecule has 0 heterocycles. The van der Waals surface area contributed by atoms with E-state index in [1.54, 1.807) is 6.92 Å². The summed E-state index contributed by atoms with van der Waals surface area (Å²) in [4.78, 5) is 22.0. The molecular formula is C10H16Cl2O4. The van der Waals surface area contributed by atoms with Gasteiger partial charge in [-0.2, -0.15) is 0 Å². The molecule has 0 aliphatic rings. The summed E-state index contributed by atoms with van der Waals surface area (Å²) in [6, 6.07) is 0. The van der Waals surface area contributed by atoms with Crippen LogP contribution in [0.25, 0.3) is 0 Å². The SMILES string of the molecule is C[C@H](Cl)C(=O)OCC[C@H](C)OC(=O)[C@@H](C)Cl. The summed E-state index contributed by atoms with van der Waals surface area (Å²) < 4.78 is 9.78. The summed E-state index contributed by atoms with van der Waals surface area (Å²) in [6.45, 7) is 4.93. The molecule has 0 aliphatic carbocycles. The van der Waals surface area contributed by atoms with Gasteiger partial charge in [0, 0.05) is 6.42 Å². The zero-order chi connectivity index (χ0) is 12.7. The van der Waals surface area contributed by atoms with Gasteiger partial charge in [-0.25, -0.2) is 0 Å². The van der Waals surface area contributed by atoms with E-state index >= 15 is 0 Å². The van der Waals surface area contributed by atoms with Gasteiger partial charge in [-0.1, -0.05) is 0 Å². The minimum atomic E-state index is -0.673. The van der Waals surface area contributed by atoms with Gasteiger partial charge in [-0.15, -0.1) is 23.2 Å². The first-order valence-corrected chi connectivity index (χ1v) is 5.87. The number of rotatable bonds is 6. The Morgan fingerprint density at radius 1 is 1.06 bits per heavy atom. The highest BCUT2D eigenvalue weighted by atomic mass is 35.5. The summed E-state index contributed by atoms with van der Waals surface area (Å²) in [6.07, 6.45) is 0.0807. The zero-order valence-electron chi connectivity index (χ0n) is 9.54. The lowest BCUT2D eigenvalue weighted by Crippen LogP contribution is -2.23. The highest BCUT2D eigenvalue weighted by Gasteiger charge is 2.16.